The van der Waals surface area contributed by atoms with Gasteiger partial charge in [0, 0.05) is 36.1 Å². The zero-order chi connectivity index (χ0) is 16.4. The van der Waals surface area contributed by atoms with Crippen LogP contribution in [0.15, 0.2) is 29.2 Å². The maximum atomic E-state index is 12.9. The minimum absolute atomic E-state index is 0.120. The number of carbonyl (C=O) groups is 1. The SMILES string of the molecule is CC1COC2(CCN(C(=O)c3ccccc3SC(C)C)CC2)O1. The quantitative estimate of drug-likeness (QED) is 0.792. The summed E-state index contributed by atoms with van der Waals surface area (Å²) in [5, 5.41) is 0.454. The molecule has 2 fully saturated rings. The van der Waals surface area contributed by atoms with Gasteiger partial charge in [-0.05, 0) is 19.1 Å². The zero-order valence-electron chi connectivity index (χ0n) is 14.1. The third kappa shape index (κ3) is 3.73. The fourth-order valence-electron chi connectivity index (χ4n) is 3.19. The van der Waals surface area contributed by atoms with E-state index in [1.807, 2.05) is 36.1 Å². The van der Waals surface area contributed by atoms with Gasteiger partial charge in [0.1, 0.15) is 0 Å². The minimum atomic E-state index is -0.456. The molecule has 126 valence electrons. The van der Waals surface area contributed by atoms with E-state index in [9.17, 15) is 4.79 Å². The number of hydrogen-bond donors (Lipinski definition) is 0. The molecule has 0 radical (unpaired) electrons. The molecule has 1 unspecified atom stereocenters. The molecule has 0 saturated carbocycles. The second-order valence-corrected chi connectivity index (χ2v) is 8.22. The van der Waals surface area contributed by atoms with Gasteiger partial charge in [-0.2, -0.15) is 0 Å². The van der Waals surface area contributed by atoms with Crippen molar-refractivity contribution < 1.29 is 14.3 Å². The van der Waals surface area contributed by atoms with Gasteiger partial charge in [-0.25, -0.2) is 0 Å². The fourth-order valence-corrected chi connectivity index (χ4v) is 4.13. The molecule has 1 amide bonds. The molecule has 2 saturated heterocycles. The minimum Gasteiger partial charge on any atom is -0.347 e. The van der Waals surface area contributed by atoms with E-state index >= 15 is 0 Å². The van der Waals surface area contributed by atoms with E-state index in [-0.39, 0.29) is 12.0 Å². The van der Waals surface area contributed by atoms with Crippen LogP contribution in [-0.2, 0) is 9.47 Å². The van der Waals surface area contributed by atoms with E-state index in [0.29, 0.717) is 24.9 Å². The first-order valence-corrected chi connectivity index (χ1v) is 9.24. The van der Waals surface area contributed by atoms with Gasteiger partial charge >= 0.3 is 0 Å². The number of nitrogens with zero attached hydrogens (tertiary/aromatic N) is 1. The Bertz CT molecular complexity index is 567. The molecule has 0 aliphatic carbocycles. The lowest BCUT2D eigenvalue weighted by Crippen LogP contribution is -2.47. The van der Waals surface area contributed by atoms with Crippen LogP contribution < -0.4 is 0 Å². The molecular formula is C18H25NO3S. The van der Waals surface area contributed by atoms with E-state index in [1.54, 1.807) is 11.8 Å². The van der Waals surface area contributed by atoms with E-state index < -0.39 is 5.79 Å². The number of hydrogen-bond acceptors (Lipinski definition) is 4. The molecular weight excluding hydrogens is 310 g/mol. The Balaban J connectivity index is 1.68. The highest BCUT2D eigenvalue weighted by molar-refractivity contribution is 8.00. The molecule has 0 N–H and O–H groups in total. The van der Waals surface area contributed by atoms with Crippen molar-refractivity contribution in [2.24, 2.45) is 0 Å². The van der Waals surface area contributed by atoms with Gasteiger partial charge in [0.15, 0.2) is 5.79 Å². The fraction of sp³-hybridized carbons (Fsp3) is 0.611. The Kier molecular flexibility index (Phi) is 4.99. The molecule has 23 heavy (non-hydrogen) atoms. The number of thioether (sulfide) groups is 1. The molecule has 1 aromatic carbocycles. The van der Waals surface area contributed by atoms with Crippen molar-refractivity contribution in [1.29, 1.82) is 0 Å². The van der Waals surface area contributed by atoms with Crippen LogP contribution in [0.3, 0.4) is 0 Å². The summed E-state index contributed by atoms with van der Waals surface area (Å²) in [6, 6.07) is 7.90. The lowest BCUT2D eigenvalue weighted by atomic mass is 10.0. The van der Waals surface area contributed by atoms with Gasteiger partial charge in [-0.15, -0.1) is 11.8 Å². The normalized spacial score (nSPS) is 23.7. The number of rotatable bonds is 3. The number of benzene rings is 1. The molecule has 2 heterocycles. The van der Waals surface area contributed by atoms with Crippen LogP contribution in [0.1, 0.15) is 44.0 Å². The maximum Gasteiger partial charge on any atom is 0.254 e. The van der Waals surface area contributed by atoms with E-state index in [4.69, 9.17) is 9.47 Å². The van der Waals surface area contributed by atoms with E-state index in [2.05, 4.69) is 13.8 Å². The molecule has 2 aliphatic heterocycles. The predicted molar refractivity (Wildman–Crippen MR) is 91.8 cm³/mol. The highest BCUT2D eigenvalue weighted by Crippen LogP contribution is 2.35. The zero-order valence-corrected chi connectivity index (χ0v) is 14.9. The highest BCUT2D eigenvalue weighted by atomic mass is 32.2. The van der Waals surface area contributed by atoms with Crippen molar-refractivity contribution in [2.45, 2.75) is 55.6 Å². The lowest BCUT2D eigenvalue weighted by Gasteiger charge is -2.38. The Morgan fingerprint density at radius 2 is 2.00 bits per heavy atom. The smallest absolute Gasteiger partial charge is 0.254 e. The molecule has 3 rings (SSSR count). The number of carbonyl (C=O) groups excluding carboxylic acids is 1. The van der Waals surface area contributed by atoms with Gasteiger partial charge in [0.25, 0.3) is 5.91 Å². The first-order chi connectivity index (χ1) is 11.0. The summed E-state index contributed by atoms with van der Waals surface area (Å²) in [5.74, 6) is -0.336. The van der Waals surface area contributed by atoms with E-state index in [1.165, 1.54) is 0 Å². The average Bonchev–Trinajstić information content (AvgIpc) is 2.88. The van der Waals surface area contributed by atoms with Gasteiger partial charge < -0.3 is 14.4 Å². The van der Waals surface area contributed by atoms with E-state index in [0.717, 1.165) is 23.3 Å². The molecule has 4 nitrogen and oxygen atoms in total. The van der Waals surface area contributed by atoms with Crippen molar-refractivity contribution in [2.75, 3.05) is 19.7 Å². The van der Waals surface area contributed by atoms with Crippen molar-refractivity contribution >= 4 is 17.7 Å². The summed E-state index contributed by atoms with van der Waals surface area (Å²) in [6.07, 6.45) is 1.66. The molecule has 1 atom stereocenters. The first-order valence-electron chi connectivity index (χ1n) is 8.36. The van der Waals surface area contributed by atoms with Crippen molar-refractivity contribution in [3.05, 3.63) is 29.8 Å². The number of amides is 1. The van der Waals surface area contributed by atoms with Gasteiger partial charge in [-0.1, -0.05) is 26.0 Å². The molecule has 2 aliphatic rings. The van der Waals surface area contributed by atoms with Gasteiger partial charge in [-0.3, -0.25) is 4.79 Å². The number of likely N-dealkylation sites (tertiary alicyclic amines) is 1. The molecule has 5 heteroatoms. The molecule has 0 bridgehead atoms. The topological polar surface area (TPSA) is 38.8 Å². The van der Waals surface area contributed by atoms with Crippen LogP contribution in [0.2, 0.25) is 0 Å². The Morgan fingerprint density at radius 1 is 1.30 bits per heavy atom. The second-order valence-electron chi connectivity index (χ2n) is 6.61. The summed E-state index contributed by atoms with van der Waals surface area (Å²) < 4.78 is 11.8. The van der Waals surface area contributed by atoms with Crippen LogP contribution in [0.4, 0.5) is 0 Å². The third-order valence-corrected chi connectivity index (χ3v) is 5.37. The molecule has 0 aromatic heterocycles. The Labute approximate surface area is 142 Å². The maximum absolute atomic E-state index is 12.9. The highest BCUT2D eigenvalue weighted by Gasteiger charge is 2.43. The van der Waals surface area contributed by atoms with Gasteiger partial charge in [0.2, 0.25) is 0 Å². The summed E-state index contributed by atoms with van der Waals surface area (Å²) in [4.78, 5) is 15.9. The average molecular weight is 335 g/mol. The summed E-state index contributed by atoms with van der Waals surface area (Å²) >= 11 is 1.74. The monoisotopic (exact) mass is 335 g/mol. The molecule has 1 aromatic rings. The Hall–Kier alpha value is -1.04. The third-order valence-electron chi connectivity index (χ3n) is 4.29. The lowest BCUT2D eigenvalue weighted by molar-refractivity contribution is -0.189. The second kappa shape index (κ2) is 6.83. The first kappa shape index (κ1) is 16.8. The van der Waals surface area contributed by atoms with Crippen LogP contribution >= 0.6 is 11.8 Å². The van der Waals surface area contributed by atoms with Crippen LogP contribution in [-0.4, -0.2) is 47.6 Å². The van der Waals surface area contributed by atoms with Crippen LogP contribution in [0.5, 0.6) is 0 Å². The Morgan fingerprint density at radius 3 is 2.61 bits per heavy atom. The van der Waals surface area contributed by atoms with Crippen molar-refractivity contribution in [1.82, 2.24) is 4.90 Å². The number of ether oxygens (including phenoxy) is 2. The summed E-state index contributed by atoms with van der Waals surface area (Å²) in [5.41, 5.74) is 0.809. The van der Waals surface area contributed by atoms with Crippen molar-refractivity contribution in [3.8, 4) is 0 Å². The predicted octanol–water partition coefficient (Wildman–Crippen LogP) is 3.55. The van der Waals surface area contributed by atoms with Crippen molar-refractivity contribution in [3.63, 3.8) is 0 Å². The largest absolute Gasteiger partial charge is 0.347 e. The summed E-state index contributed by atoms with van der Waals surface area (Å²) in [7, 11) is 0. The standard InChI is InChI=1S/C18H25NO3S/c1-13(2)23-16-7-5-4-6-15(16)17(20)19-10-8-18(9-11-19)21-12-14(3)22-18/h4-7,13-14H,8-12H2,1-3H3. The van der Waals surface area contributed by atoms with Crippen LogP contribution in [0.25, 0.3) is 0 Å². The number of piperidine rings is 1. The van der Waals surface area contributed by atoms with Gasteiger partial charge in [0.05, 0.1) is 18.3 Å². The van der Waals surface area contributed by atoms with Crippen LogP contribution in [0, 0.1) is 0 Å². The summed E-state index contributed by atoms with van der Waals surface area (Å²) in [6.45, 7) is 8.35. The molecule has 1 spiro atoms.